The lowest BCUT2D eigenvalue weighted by molar-refractivity contribution is 0.0999. The van der Waals surface area contributed by atoms with Gasteiger partial charge in [-0.3, -0.25) is 9.59 Å². The third kappa shape index (κ3) is 1.94. The predicted molar refractivity (Wildman–Crippen MR) is 51.6 cm³/mol. The average molecular weight is 204 g/mol. The van der Waals surface area contributed by atoms with Gasteiger partial charge in [0, 0.05) is 5.56 Å². The van der Waals surface area contributed by atoms with Crippen LogP contribution in [-0.4, -0.2) is 19.3 Å². The van der Waals surface area contributed by atoms with Crippen LogP contribution < -0.4 is 10.5 Å². The van der Waals surface area contributed by atoms with Crippen LogP contribution in [0.25, 0.3) is 0 Å². The molecule has 0 aliphatic carbocycles. The first-order valence-corrected chi connectivity index (χ1v) is 4.01. The molecule has 2 N–H and O–H groups in total. The first-order chi connectivity index (χ1) is 7.13. The summed E-state index contributed by atoms with van der Waals surface area (Å²) in [5.41, 5.74) is 5.33. The third-order valence-corrected chi connectivity index (χ3v) is 1.86. The summed E-state index contributed by atoms with van der Waals surface area (Å²) in [7, 11) is 1.34. The van der Waals surface area contributed by atoms with Crippen molar-refractivity contribution in [2.24, 2.45) is 5.73 Å². The van der Waals surface area contributed by atoms with Gasteiger partial charge in [-0.1, -0.05) is 0 Å². The molecular weight excluding hydrogens is 196 g/mol. The van der Waals surface area contributed by atoms with Crippen LogP contribution in [0.2, 0.25) is 0 Å². The van der Waals surface area contributed by atoms with E-state index in [9.17, 15) is 9.59 Å². The van der Waals surface area contributed by atoms with Gasteiger partial charge in [0.05, 0.1) is 12.7 Å². The number of rotatable bonds is 3. The quantitative estimate of drug-likeness (QED) is 0.724. The molecule has 0 saturated carbocycles. The maximum absolute atomic E-state index is 11.0. The Morgan fingerprint density at radius 1 is 1.60 bits per heavy atom. The molecule has 76 valence electrons. The monoisotopic (exact) mass is 204 g/mol. The van der Waals surface area contributed by atoms with E-state index >= 15 is 0 Å². The van der Waals surface area contributed by atoms with E-state index in [2.05, 4.69) is 0 Å². The molecule has 5 nitrogen and oxygen atoms in total. The largest absolute Gasteiger partial charge is 0.495 e. The molecule has 0 fully saturated rings. The van der Waals surface area contributed by atoms with Gasteiger partial charge in [-0.2, -0.15) is 5.26 Å². The molecule has 0 aromatic heterocycles. The summed E-state index contributed by atoms with van der Waals surface area (Å²) < 4.78 is 4.88. The summed E-state index contributed by atoms with van der Waals surface area (Å²) in [5, 5.41) is 8.82. The summed E-state index contributed by atoms with van der Waals surface area (Å²) in [6.45, 7) is 0. The van der Waals surface area contributed by atoms with Crippen molar-refractivity contribution in [1.82, 2.24) is 0 Å². The van der Waals surface area contributed by atoms with E-state index in [0.29, 0.717) is 6.29 Å². The number of nitriles is 1. The Labute approximate surface area is 86.1 Å². The van der Waals surface area contributed by atoms with Gasteiger partial charge in [-0.15, -0.1) is 0 Å². The third-order valence-electron chi connectivity index (χ3n) is 1.86. The van der Waals surface area contributed by atoms with Crippen LogP contribution in [0, 0.1) is 11.3 Å². The van der Waals surface area contributed by atoms with E-state index in [1.807, 2.05) is 0 Å². The second kappa shape index (κ2) is 4.24. The smallest absolute Gasteiger partial charge is 0.250 e. The zero-order valence-corrected chi connectivity index (χ0v) is 7.98. The summed E-state index contributed by atoms with van der Waals surface area (Å²) in [4.78, 5) is 21.6. The highest BCUT2D eigenvalue weighted by Crippen LogP contribution is 2.23. The molecule has 0 aliphatic heterocycles. The van der Waals surface area contributed by atoms with Crippen molar-refractivity contribution in [1.29, 1.82) is 5.26 Å². The molecule has 0 atom stereocenters. The molecule has 0 bridgehead atoms. The molecule has 1 aromatic carbocycles. The van der Waals surface area contributed by atoms with E-state index in [4.69, 9.17) is 15.7 Å². The number of nitrogens with zero attached hydrogens (tertiary/aromatic N) is 1. The molecule has 1 aromatic rings. The van der Waals surface area contributed by atoms with Crippen LogP contribution in [-0.2, 0) is 0 Å². The summed E-state index contributed by atoms with van der Waals surface area (Å²) >= 11 is 0. The summed E-state index contributed by atoms with van der Waals surface area (Å²) in [6.07, 6.45) is 0.552. The number of primary amides is 1. The lowest BCUT2D eigenvalue weighted by Gasteiger charge is -2.06. The molecular formula is C10H8N2O3. The zero-order valence-electron chi connectivity index (χ0n) is 7.98. The van der Waals surface area contributed by atoms with Crippen molar-refractivity contribution in [3.05, 3.63) is 28.8 Å². The molecule has 0 spiro atoms. The molecule has 5 heteroatoms. The number of carbonyl (C=O) groups is 2. The van der Waals surface area contributed by atoms with Gasteiger partial charge in [0.1, 0.15) is 23.7 Å². The second-order valence-corrected chi connectivity index (χ2v) is 2.74. The number of benzene rings is 1. The Hall–Kier alpha value is -2.35. The molecule has 1 amide bonds. The molecule has 0 heterocycles. The van der Waals surface area contributed by atoms with Gasteiger partial charge in [0.2, 0.25) is 5.91 Å². The molecule has 0 aliphatic rings. The van der Waals surface area contributed by atoms with Gasteiger partial charge in [0.15, 0.2) is 0 Å². The maximum Gasteiger partial charge on any atom is 0.250 e. The Kier molecular flexibility index (Phi) is 3.03. The van der Waals surface area contributed by atoms with E-state index in [0.717, 1.165) is 0 Å². The van der Waals surface area contributed by atoms with E-state index in [1.165, 1.54) is 19.2 Å². The highest BCUT2D eigenvalue weighted by atomic mass is 16.5. The number of amides is 1. The van der Waals surface area contributed by atoms with Crippen LogP contribution in [0.3, 0.4) is 0 Å². The predicted octanol–water partition coefficient (Wildman–Crippen LogP) is 0.478. The van der Waals surface area contributed by atoms with Crippen molar-refractivity contribution in [3.8, 4) is 11.8 Å². The van der Waals surface area contributed by atoms with Crippen LogP contribution >= 0.6 is 0 Å². The lowest BCUT2D eigenvalue weighted by Crippen LogP contribution is -2.14. The van der Waals surface area contributed by atoms with Crippen molar-refractivity contribution >= 4 is 12.2 Å². The van der Waals surface area contributed by atoms with Gasteiger partial charge >= 0.3 is 0 Å². The van der Waals surface area contributed by atoms with Crippen molar-refractivity contribution in [2.45, 2.75) is 0 Å². The number of ether oxygens (including phenoxy) is 1. The normalized spacial score (nSPS) is 9.07. The number of methoxy groups -OCH3 is 1. The number of nitrogens with two attached hydrogens (primary N) is 1. The second-order valence-electron chi connectivity index (χ2n) is 2.74. The van der Waals surface area contributed by atoms with Gasteiger partial charge in [-0.05, 0) is 12.1 Å². The van der Waals surface area contributed by atoms with Crippen LogP contribution in [0.1, 0.15) is 26.3 Å². The minimum atomic E-state index is -0.770. The fourth-order valence-corrected chi connectivity index (χ4v) is 1.18. The molecule has 1 rings (SSSR count). The molecule has 0 unspecified atom stereocenters. The number of carbonyl (C=O) groups excluding carboxylic acids is 2. The maximum atomic E-state index is 11.0. The minimum Gasteiger partial charge on any atom is -0.495 e. The van der Waals surface area contributed by atoms with E-state index < -0.39 is 5.91 Å². The van der Waals surface area contributed by atoms with Crippen LogP contribution in [0.4, 0.5) is 0 Å². The van der Waals surface area contributed by atoms with Crippen LogP contribution in [0.15, 0.2) is 12.1 Å². The molecule has 0 saturated heterocycles. The summed E-state index contributed by atoms with van der Waals surface area (Å²) in [6, 6.07) is 4.44. The minimum absolute atomic E-state index is 0.0149. The van der Waals surface area contributed by atoms with Gasteiger partial charge < -0.3 is 10.5 Å². The first kappa shape index (κ1) is 10.7. The van der Waals surface area contributed by atoms with Crippen molar-refractivity contribution in [3.63, 3.8) is 0 Å². The van der Waals surface area contributed by atoms with Gasteiger partial charge in [-0.25, -0.2) is 0 Å². The summed E-state index contributed by atoms with van der Waals surface area (Å²) in [5.74, 6) is -0.607. The number of hydrogen-bond donors (Lipinski definition) is 1. The van der Waals surface area contributed by atoms with Crippen LogP contribution in [0.5, 0.6) is 5.75 Å². The van der Waals surface area contributed by atoms with E-state index in [-0.39, 0.29) is 22.4 Å². The molecule has 0 radical (unpaired) electrons. The fraction of sp³-hybridized carbons (Fsp3) is 0.100. The Morgan fingerprint density at radius 3 is 2.67 bits per heavy atom. The Bertz CT molecular complexity index is 460. The topological polar surface area (TPSA) is 93.2 Å². The molecule has 15 heavy (non-hydrogen) atoms. The lowest BCUT2D eigenvalue weighted by atomic mass is 10.0. The number of hydrogen-bond acceptors (Lipinski definition) is 4. The SMILES string of the molecule is COc1cc(C=O)cc(C(N)=O)c1C#N. The number of aldehydes is 1. The first-order valence-electron chi connectivity index (χ1n) is 4.01. The Balaban J connectivity index is 3.54. The highest BCUT2D eigenvalue weighted by molar-refractivity contribution is 5.98. The van der Waals surface area contributed by atoms with Crippen molar-refractivity contribution in [2.75, 3.05) is 7.11 Å². The Morgan fingerprint density at radius 2 is 2.27 bits per heavy atom. The highest BCUT2D eigenvalue weighted by Gasteiger charge is 2.14. The fourth-order valence-electron chi connectivity index (χ4n) is 1.18. The average Bonchev–Trinajstić information content (AvgIpc) is 2.26. The van der Waals surface area contributed by atoms with Gasteiger partial charge in [0.25, 0.3) is 0 Å². The van der Waals surface area contributed by atoms with E-state index in [1.54, 1.807) is 6.07 Å². The zero-order chi connectivity index (χ0) is 11.4. The standard InChI is InChI=1S/C10H8N2O3/c1-15-9-3-6(5-13)2-7(10(12)14)8(9)4-11/h2-3,5H,1H3,(H2,12,14). The van der Waals surface area contributed by atoms with Crippen molar-refractivity contribution < 1.29 is 14.3 Å².